The summed E-state index contributed by atoms with van der Waals surface area (Å²) in [6.45, 7) is 2.95. The van der Waals surface area contributed by atoms with Crippen molar-refractivity contribution in [3.8, 4) is 23.2 Å². The first kappa shape index (κ1) is 32.3. The van der Waals surface area contributed by atoms with Crippen molar-refractivity contribution >= 4 is 21.1 Å². The summed E-state index contributed by atoms with van der Waals surface area (Å²) in [4.78, 5) is 9.51. The minimum Gasteiger partial charge on any atom is -0.473 e. The fourth-order valence-electron chi connectivity index (χ4n) is 5.46. The van der Waals surface area contributed by atoms with Crippen molar-refractivity contribution in [3.05, 3.63) is 112 Å². The van der Waals surface area contributed by atoms with Crippen molar-refractivity contribution in [3.63, 3.8) is 0 Å². The van der Waals surface area contributed by atoms with Gasteiger partial charge in [-0.05, 0) is 66.8 Å². The maximum absolute atomic E-state index is 14.3. The summed E-state index contributed by atoms with van der Waals surface area (Å²) in [6.07, 6.45) is 0.382. The summed E-state index contributed by atoms with van der Waals surface area (Å²) >= 11 is 0. The molecular formula is C35H34FN5O5S. The zero-order chi connectivity index (χ0) is 33.1. The third kappa shape index (κ3) is 7.34. The van der Waals surface area contributed by atoms with Crippen LogP contribution in [0.25, 0.3) is 22.3 Å². The lowest BCUT2D eigenvalue weighted by molar-refractivity contribution is 0.166. The van der Waals surface area contributed by atoms with E-state index >= 15 is 0 Å². The number of aromatic nitrogens is 3. The number of benzene rings is 3. The summed E-state index contributed by atoms with van der Waals surface area (Å²) in [5.41, 5.74) is 6.18. The molecule has 1 atom stereocenters. The molecule has 0 spiro atoms. The van der Waals surface area contributed by atoms with Gasteiger partial charge in [-0.2, -0.15) is 9.98 Å². The number of rotatable bonds is 13. The predicted octanol–water partition coefficient (Wildman–Crippen LogP) is 5.31. The zero-order valence-corrected chi connectivity index (χ0v) is 26.8. The summed E-state index contributed by atoms with van der Waals surface area (Å²) in [7, 11) is -1.95. The lowest BCUT2D eigenvalue weighted by Gasteiger charge is -2.14. The van der Waals surface area contributed by atoms with Crippen LogP contribution in [0.1, 0.15) is 52.7 Å². The molecule has 0 amide bonds. The fourth-order valence-corrected chi connectivity index (χ4v) is 6.86. The Kier molecular flexibility index (Phi) is 9.33. The minimum atomic E-state index is -3.57. The van der Waals surface area contributed by atoms with E-state index in [-0.39, 0.29) is 12.2 Å². The second-order valence-electron chi connectivity index (χ2n) is 11.6. The molecule has 5 aromatic rings. The molecule has 0 saturated heterocycles. The number of imidazole rings is 1. The van der Waals surface area contributed by atoms with Gasteiger partial charge in [-0.3, -0.25) is 0 Å². The van der Waals surface area contributed by atoms with Gasteiger partial charge in [0.25, 0.3) is 0 Å². The molecular weight excluding hydrogens is 621 g/mol. The second kappa shape index (κ2) is 13.6. The van der Waals surface area contributed by atoms with Crippen LogP contribution in [-0.4, -0.2) is 47.0 Å². The number of ether oxygens (including phenoxy) is 2. The molecule has 12 heteroatoms. The molecule has 1 fully saturated rings. The lowest BCUT2D eigenvalue weighted by Crippen LogP contribution is -2.31. The normalized spacial score (nSPS) is 13.9. The van der Waals surface area contributed by atoms with E-state index in [0.717, 1.165) is 33.5 Å². The average molecular weight is 656 g/mol. The Labute approximate surface area is 272 Å². The van der Waals surface area contributed by atoms with Gasteiger partial charge >= 0.3 is 0 Å². The number of hydrogen-bond acceptors (Lipinski definition) is 8. The van der Waals surface area contributed by atoms with Gasteiger partial charge in [0, 0.05) is 37.3 Å². The number of hydrogen-bond donors (Lipinski definition) is 2. The number of halogens is 1. The van der Waals surface area contributed by atoms with Crippen LogP contribution >= 0.6 is 0 Å². The Morgan fingerprint density at radius 3 is 2.66 bits per heavy atom. The summed E-state index contributed by atoms with van der Waals surface area (Å²) in [5, 5.41) is 19.2. The van der Waals surface area contributed by atoms with Crippen LogP contribution < -0.4 is 9.46 Å². The third-order valence-electron chi connectivity index (χ3n) is 8.14. The number of aliphatic hydroxyl groups excluding tert-OH is 1. The minimum absolute atomic E-state index is 0.0213. The van der Waals surface area contributed by atoms with E-state index in [9.17, 15) is 17.9 Å². The fraction of sp³-hybridized carbons (Fsp3) is 0.286. The van der Waals surface area contributed by atoms with Crippen LogP contribution in [-0.2, 0) is 34.3 Å². The molecule has 0 aliphatic heterocycles. The number of nitrogens with one attached hydrogen (secondary N) is 1. The highest BCUT2D eigenvalue weighted by atomic mass is 32.2. The van der Waals surface area contributed by atoms with E-state index in [1.165, 1.54) is 12.1 Å². The first-order valence-electron chi connectivity index (χ1n) is 15.2. The summed E-state index contributed by atoms with van der Waals surface area (Å²) < 4.78 is 54.7. The standard InChI is InChI=1S/C35H34FN5O5S/c1-22-16-23(7-12-28(22)30-4-3-5-34(39-30)46-21-26-8-6-24(20-37)17-29(26)36)18-33-38-31-13-9-25(19-32(31)41(33)14-15-45-2)35(42)40-47(43,44)27-10-11-27/h3-9,12-13,16-17,19,27,35,40,42H,10-11,14-15,18,21H2,1-2H3. The van der Waals surface area contributed by atoms with Gasteiger partial charge in [-0.25, -0.2) is 22.8 Å². The number of methoxy groups -OCH3 is 1. The van der Waals surface area contributed by atoms with Gasteiger partial charge in [-0.1, -0.05) is 36.4 Å². The molecule has 47 heavy (non-hydrogen) atoms. The van der Waals surface area contributed by atoms with Crippen LogP contribution in [0.2, 0.25) is 0 Å². The number of nitriles is 1. The average Bonchev–Trinajstić information content (AvgIpc) is 3.87. The van der Waals surface area contributed by atoms with Gasteiger partial charge in [0.2, 0.25) is 15.9 Å². The van der Waals surface area contributed by atoms with E-state index in [1.54, 1.807) is 37.4 Å². The highest BCUT2D eigenvalue weighted by molar-refractivity contribution is 7.90. The van der Waals surface area contributed by atoms with E-state index in [1.807, 2.05) is 41.8 Å². The van der Waals surface area contributed by atoms with Crippen molar-refractivity contribution in [1.29, 1.82) is 5.26 Å². The Morgan fingerprint density at radius 2 is 1.94 bits per heavy atom. The maximum Gasteiger partial charge on any atom is 0.216 e. The van der Waals surface area contributed by atoms with Crippen molar-refractivity contribution in [2.75, 3.05) is 13.7 Å². The molecule has 1 unspecified atom stereocenters. The van der Waals surface area contributed by atoms with Crippen LogP contribution in [0.5, 0.6) is 5.88 Å². The number of aryl methyl sites for hydroxylation is 1. The van der Waals surface area contributed by atoms with Gasteiger partial charge < -0.3 is 19.1 Å². The Hall–Kier alpha value is -4.67. The monoisotopic (exact) mass is 655 g/mol. The molecule has 242 valence electrons. The highest BCUT2D eigenvalue weighted by Crippen LogP contribution is 2.30. The van der Waals surface area contributed by atoms with Crippen molar-refractivity contribution in [2.45, 2.75) is 50.8 Å². The molecule has 10 nitrogen and oxygen atoms in total. The summed E-state index contributed by atoms with van der Waals surface area (Å²) in [6, 6.07) is 23.0. The van der Waals surface area contributed by atoms with Crippen molar-refractivity contribution < 1.29 is 27.4 Å². The van der Waals surface area contributed by atoms with E-state index in [2.05, 4.69) is 15.8 Å². The Morgan fingerprint density at radius 1 is 1.11 bits per heavy atom. The number of pyridine rings is 1. The molecule has 6 rings (SSSR count). The molecule has 0 bridgehead atoms. The number of aliphatic hydroxyl groups is 1. The van der Waals surface area contributed by atoms with Gasteiger partial charge in [0.15, 0.2) is 0 Å². The lowest BCUT2D eigenvalue weighted by atomic mass is 10.0. The van der Waals surface area contributed by atoms with E-state index in [0.29, 0.717) is 55.1 Å². The van der Waals surface area contributed by atoms with E-state index in [4.69, 9.17) is 19.7 Å². The molecule has 2 N–H and O–H groups in total. The van der Waals surface area contributed by atoms with Crippen molar-refractivity contribution in [2.24, 2.45) is 0 Å². The van der Waals surface area contributed by atoms with E-state index < -0.39 is 27.3 Å². The smallest absolute Gasteiger partial charge is 0.216 e. The van der Waals surface area contributed by atoms with Crippen LogP contribution in [0.3, 0.4) is 0 Å². The van der Waals surface area contributed by atoms with Crippen LogP contribution in [0.15, 0.2) is 72.8 Å². The molecule has 2 aromatic heterocycles. The number of nitrogens with zero attached hydrogens (tertiary/aromatic N) is 4. The molecule has 1 saturated carbocycles. The largest absolute Gasteiger partial charge is 0.473 e. The Bertz CT molecular complexity index is 2090. The Balaban J connectivity index is 1.21. The quantitative estimate of drug-likeness (QED) is 0.163. The van der Waals surface area contributed by atoms with Crippen molar-refractivity contribution in [1.82, 2.24) is 19.3 Å². The first-order chi connectivity index (χ1) is 22.6. The third-order valence-corrected chi connectivity index (χ3v) is 10.0. The molecule has 2 heterocycles. The highest BCUT2D eigenvalue weighted by Gasteiger charge is 2.37. The predicted molar refractivity (Wildman–Crippen MR) is 174 cm³/mol. The molecule has 1 aliphatic rings. The SMILES string of the molecule is COCCn1c(Cc2ccc(-c3cccc(OCc4ccc(C#N)cc4F)n3)c(C)c2)nc2ccc(C(O)NS(=O)(=O)C3CC3)cc21. The first-order valence-corrected chi connectivity index (χ1v) is 16.8. The molecule has 0 radical (unpaired) electrons. The second-order valence-corrected chi connectivity index (χ2v) is 13.6. The van der Waals surface area contributed by atoms with Gasteiger partial charge in [0.1, 0.15) is 24.5 Å². The molecule has 1 aliphatic carbocycles. The van der Waals surface area contributed by atoms with Crippen LogP contribution in [0.4, 0.5) is 4.39 Å². The summed E-state index contributed by atoms with van der Waals surface area (Å²) in [5.74, 6) is 0.654. The zero-order valence-electron chi connectivity index (χ0n) is 26.0. The molecule has 3 aromatic carbocycles. The number of sulfonamides is 1. The van der Waals surface area contributed by atoms with Crippen LogP contribution in [0, 0.1) is 24.1 Å². The maximum atomic E-state index is 14.3. The topological polar surface area (TPSA) is 139 Å². The van der Waals surface area contributed by atoms with Gasteiger partial charge in [0.05, 0.1) is 40.2 Å². The number of fused-ring (bicyclic) bond motifs is 1. The van der Waals surface area contributed by atoms with Gasteiger partial charge in [-0.15, -0.1) is 0 Å².